The number of aromatic amines is 1. The minimum absolute atomic E-state index is 0.197. The molecule has 234 valence electrons. The van der Waals surface area contributed by atoms with Gasteiger partial charge in [-0.2, -0.15) is 0 Å². The van der Waals surface area contributed by atoms with Crippen LogP contribution in [0.4, 0.5) is 22.0 Å². The fourth-order valence-corrected chi connectivity index (χ4v) is 6.07. The second-order valence-corrected chi connectivity index (χ2v) is 12.8. The number of aryl methyl sites for hydroxylation is 2. The van der Waals surface area contributed by atoms with Crippen molar-refractivity contribution in [3.63, 3.8) is 0 Å². The summed E-state index contributed by atoms with van der Waals surface area (Å²) in [6.45, 7) is 12.8. The number of piperazine rings is 1. The number of H-pyrrole nitrogens is 1. The summed E-state index contributed by atoms with van der Waals surface area (Å²) in [6, 6.07) is 10.0. The summed E-state index contributed by atoms with van der Waals surface area (Å²) in [4.78, 5) is 54.8. The molecule has 1 aromatic carbocycles. The number of benzene rings is 1. The third-order valence-electron chi connectivity index (χ3n) is 8.28. The molecule has 2 aromatic heterocycles. The Morgan fingerprint density at radius 2 is 1.77 bits per heavy atom. The average Bonchev–Trinajstić information content (AvgIpc) is 3.35. The molecular formula is C34H44N6O4. The Balaban J connectivity index is 1.39. The van der Waals surface area contributed by atoms with Crippen molar-refractivity contribution < 1.29 is 14.3 Å². The number of nitrogens with one attached hydrogen (secondary N) is 1. The number of anilines is 3. The highest BCUT2D eigenvalue weighted by Gasteiger charge is 2.29. The standard InChI is InChI=1S/C34H44N6O4/c1-8-9-23-18-22(2)36-31(41)30(23)38(7)32(42)27-19-25(20-28-26(27)12-13-37(28)6)24-10-11-29(35-21-24)39-14-16-40(17-15-39)33(43)44-34(3,4)5/h10-11,18-21H,8-9,12-17H2,1-7H3,(H,36,41). The first-order valence-corrected chi connectivity index (χ1v) is 15.4. The molecule has 1 N–H and O–H groups in total. The van der Waals surface area contributed by atoms with Crippen LogP contribution in [0.1, 0.15) is 61.3 Å². The monoisotopic (exact) mass is 600 g/mol. The topological polar surface area (TPSA) is 102 Å². The molecule has 2 amide bonds. The highest BCUT2D eigenvalue weighted by molar-refractivity contribution is 6.09. The van der Waals surface area contributed by atoms with E-state index in [1.807, 2.05) is 65.2 Å². The maximum Gasteiger partial charge on any atom is 0.410 e. The summed E-state index contributed by atoms with van der Waals surface area (Å²) >= 11 is 0. The Hall–Kier alpha value is -4.34. The molecule has 0 saturated carbocycles. The van der Waals surface area contributed by atoms with E-state index in [2.05, 4.69) is 27.8 Å². The van der Waals surface area contributed by atoms with Gasteiger partial charge in [0, 0.05) is 75.5 Å². The number of fused-ring (bicyclic) bond motifs is 1. The van der Waals surface area contributed by atoms with Crippen molar-refractivity contribution in [3.05, 3.63) is 69.3 Å². The van der Waals surface area contributed by atoms with E-state index >= 15 is 0 Å². The summed E-state index contributed by atoms with van der Waals surface area (Å²) < 4.78 is 5.52. The van der Waals surface area contributed by atoms with Crippen LogP contribution in [0.25, 0.3) is 11.1 Å². The van der Waals surface area contributed by atoms with Crippen LogP contribution in [0, 0.1) is 6.92 Å². The molecule has 44 heavy (non-hydrogen) atoms. The van der Waals surface area contributed by atoms with E-state index in [1.165, 1.54) is 4.90 Å². The fraction of sp³-hybridized carbons (Fsp3) is 0.471. The molecule has 2 aliphatic heterocycles. The van der Waals surface area contributed by atoms with Crippen LogP contribution >= 0.6 is 0 Å². The highest BCUT2D eigenvalue weighted by atomic mass is 16.6. The predicted molar refractivity (Wildman–Crippen MR) is 175 cm³/mol. The molecule has 0 spiro atoms. The number of ether oxygens (including phenoxy) is 1. The van der Waals surface area contributed by atoms with Gasteiger partial charge < -0.3 is 29.3 Å². The third kappa shape index (κ3) is 6.44. The summed E-state index contributed by atoms with van der Waals surface area (Å²) in [5.74, 6) is 0.645. The highest BCUT2D eigenvalue weighted by Crippen LogP contribution is 2.36. The Labute approximate surface area is 259 Å². The van der Waals surface area contributed by atoms with Crippen molar-refractivity contribution in [3.8, 4) is 11.1 Å². The second-order valence-electron chi connectivity index (χ2n) is 12.8. The zero-order valence-corrected chi connectivity index (χ0v) is 27.0. The first-order valence-electron chi connectivity index (χ1n) is 15.4. The Morgan fingerprint density at radius 3 is 2.41 bits per heavy atom. The van der Waals surface area contributed by atoms with Gasteiger partial charge >= 0.3 is 6.09 Å². The number of hydrogen-bond donors (Lipinski definition) is 1. The van der Waals surface area contributed by atoms with E-state index in [-0.39, 0.29) is 17.6 Å². The lowest BCUT2D eigenvalue weighted by Gasteiger charge is -2.36. The van der Waals surface area contributed by atoms with Crippen molar-refractivity contribution in [2.24, 2.45) is 0 Å². The molecule has 10 heteroatoms. The van der Waals surface area contributed by atoms with Gasteiger partial charge in [0.15, 0.2) is 0 Å². The fourth-order valence-electron chi connectivity index (χ4n) is 6.07. The first kappa shape index (κ1) is 31.1. The number of pyridine rings is 2. The maximum absolute atomic E-state index is 14.1. The van der Waals surface area contributed by atoms with Gasteiger partial charge in [0.25, 0.3) is 11.5 Å². The molecule has 1 fully saturated rings. The molecule has 2 aliphatic rings. The molecule has 0 atom stereocenters. The summed E-state index contributed by atoms with van der Waals surface area (Å²) in [5.41, 5.74) is 5.73. The molecular weight excluding hydrogens is 556 g/mol. The normalized spacial score (nSPS) is 14.9. The van der Waals surface area contributed by atoms with Crippen LogP contribution in [0.2, 0.25) is 0 Å². The minimum atomic E-state index is -0.520. The molecule has 0 bridgehead atoms. The number of carbonyl (C=O) groups is 2. The molecule has 0 radical (unpaired) electrons. The molecule has 0 unspecified atom stereocenters. The number of carbonyl (C=O) groups excluding carboxylic acids is 2. The predicted octanol–water partition coefficient (Wildman–Crippen LogP) is 5.02. The van der Waals surface area contributed by atoms with Crippen LogP contribution in [0.5, 0.6) is 0 Å². The minimum Gasteiger partial charge on any atom is -0.444 e. The molecule has 0 aliphatic carbocycles. The lowest BCUT2D eigenvalue weighted by atomic mass is 9.96. The zero-order chi connectivity index (χ0) is 31.8. The first-order chi connectivity index (χ1) is 20.9. The van der Waals surface area contributed by atoms with E-state index in [0.717, 1.165) is 58.8 Å². The molecule has 4 heterocycles. The number of hydrogen-bond acceptors (Lipinski definition) is 7. The maximum atomic E-state index is 14.1. The van der Waals surface area contributed by atoms with Gasteiger partial charge in [-0.05, 0) is 87.6 Å². The Bertz CT molecular complexity index is 1600. The Kier molecular flexibility index (Phi) is 8.72. The number of nitrogens with zero attached hydrogens (tertiary/aromatic N) is 5. The van der Waals surface area contributed by atoms with Crippen LogP contribution in [0.15, 0.2) is 41.3 Å². The van der Waals surface area contributed by atoms with E-state index in [0.29, 0.717) is 43.9 Å². The van der Waals surface area contributed by atoms with Gasteiger partial charge in [0.2, 0.25) is 0 Å². The SMILES string of the molecule is CCCc1cc(C)[nH]c(=O)c1N(C)C(=O)c1cc(-c2ccc(N3CCN(C(=O)OC(C)(C)C)CC3)nc2)cc2c1CCN2C. The van der Waals surface area contributed by atoms with Crippen LogP contribution < -0.4 is 20.3 Å². The lowest BCUT2D eigenvalue weighted by molar-refractivity contribution is 0.0240. The molecule has 10 nitrogen and oxygen atoms in total. The summed E-state index contributed by atoms with van der Waals surface area (Å²) in [7, 11) is 3.73. The van der Waals surface area contributed by atoms with E-state index < -0.39 is 5.60 Å². The van der Waals surface area contributed by atoms with Gasteiger partial charge in [0.1, 0.15) is 17.1 Å². The number of aromatic nitrogens is 2. The molecule has 5 rings (SSSR count). The third-order valence-corrected chi connectivity index (χ3v) is 8.28. The number of rotatable bonds is 6. The van der Waals surface area contributed by atoms with E-state index in [1.54, 1.807) is 11.9 Å². The van der Waals surface area contributed by atoms with Crippen LogP contribution in [-0.4, -0.2) is 79.3 Å². The van der Waals surface area contributed by atoms with Gasteiger partial charge in [-0.3, -0.25) is 9.59 Å². The van der Waals surface area contributed by atoms with Gasteiger partial charge in [0.05, 0.1) is 0 Å². The molecule has 3 aromatic rings. The lowest BCUT2D eigenvalue weighted by Crippen LogP contribution is -2.50. The largest absolute Gasteiger partial charge is 0.444 e. The second kappa shape index (κ2) is 12.3. The quantitative estimate of drug-likeness (QED) is 0.424. The van der Waals surface area contributed by atoms with Crippen LogP contribution in [-0.2, 0) is 17.6 Å². The smallest absolute Gasteiger partial charge is 0.410 e. The van der Waals surface area contributed by atoms with Crippen molar-refractivity contribution in [2.45, 2.75) is 59.5 Å². The number of amides is 2. The van der Waals surface area contributed by atoms with Gasteiger partial charge in [-0.15, -0.1) is 0 Å². The summed E-state index contributed by atoms with van der Waals surface area (Å²) in [5, 5.41) is 0. The van der Waals surface area contributed by atoms with Crippen molar-refractivity contribution >= 4 is 29.2 Å². The van der Waals surface area contributed by atoms with Crippen molar-refractivity contribution in [2.75, 3.05) is 61.5 Å². The van der Waals surface area contributed by atoms with E-state index in [9.17, 15) is 14.4 Å². The van der Waals surface area contributed by atoms with Gasteiger partial charge in [-0.1, -0.05) is 13.3 Å². The Morgan fingerprint density at radius 1 is 1.05 bits per heavy atom. The van der Waals surface area contributed by atoms with Gasteiger partial charge in [-0.25, -0.2) is 9.78 Å². The van der Waals surface area contributed by atoms with E-state index in [4.69, 9.17) is 9.72 Å². The average molecular weight is 601 g/mol. The van der Waals surface area contributed by atoms with Crippen molar-refractivity contribution in [1.29, 1.82) is 0 Å². The van der Waals surface area contributed by atoms with Crippen molar-refractivity contribution in [1.82, 2.24) is 14.9 Å². The zero-order valence-electron chi connectivity index (χ0n) is 27.0. The van der Waals surface area contributed by atoms with Crippen LogP contribution in [0.3, 0.4) is 0 Å². The summed E-state index contributed by atoms with van der Waals surface area (Å²) in [6.07, 6.45) is 3.91. The molecule has 1 saturated heterocycles. The number of likely N-dealkylation sites (N-methyl/N-ethyl adjacent to an activating group) is 1.